The first kappa shape index (κ1) is 32.4. The lowest BCUT2D eigenvalue weighted by atomic mass is 9.96. The summed E-state index contributed by atoms with van der Waals surface area (Å²) in [5.41, 5.74) is 12.4. The van der Waals surface area contributed by atoms with Crippen LogP contribution in [0.1, 0.15) is 51.5 Å². The van der Waals surface area contributed by atoms with Gasteiger partial charge >= 0.3 is 5.97 Å². The Labute approximate surface area is 224 Å². The van der Waals surface area contributed by atoms with Crippen LogP contribution in [0.5, 0.6) is 0 Å². The molecule has 1 aromatic rings. The Kier molecular flexibility index (Phi) is 15.6. The normalized spacial score (nSPS) is 15.1. The number of benzene rings is 1. The Morgan fingerprint density at radius 2 is 1.59 bits per heavy atom. The zero-order chi connectivity index (χ0) is 27.8. The second-order valence-electron chi connectivity index (χ2n) is 9.19. The Morgan fingerprint density at radius 1 is 0.946 bits per heavy atom. The van der Waals surface area contributed by atoms with E-state index in [1.165, 1.54) is 11.8 Å². The maximum absolute atomic E-state index is 13.4. The van der Waals surface area contributed by atoms with Crippen LogP contribution in [0.25, 0.3) is 0 Å². The minimum Gasteiger partial charge on any atom is -0.480 e. The number of nitrogens with two attached hydrogens (primary N) is 2. The minimum absolute atomic E-state index is 0.203. The van der Waals surface area contributed by atoms with Crippen LogP contribution in [-0.4, -0.2) is 71.5 Å². The molecule has 10 nitrogen and oxygen atoms in total. The smallest absolute Gasteiger partial charge is 0.326 e. The van der Waals surface area contributed by atoms with E-state index >= 15 is 0 Å². The van der Waals surface area contributed by atoms with Gasteiger partial charge in [0.25, 0.3) is 0 Å². The summed E-state index contributed by atoms with van der Waals surface area (Å²) in [6, 6.07) is 5.41. The number of carbonyl (C=O) groups excluding carboxylic acids is 3. The second-order valence-corrected chi connectivity index (χ2v) is 10.2. The van der Waals surface area contributed by atoms with Crippen molar-refractivity contribution in [1.29, 1.82) is 0 Å². The van der Waals surface area contributed by atoms with Gasteiger partial charge in [-0.1, -0.05) is 57.0 Å². The van der Waals surface area contributed by atoms with Crippen molar-refractivity contribution in [2.45, 2.75) is 76.5 Å². The monoisotopic (exact) mass is 537 g/mol. The van der Waals surface area contributed by atoms with Gasteiger partial charge in [0, 0.05) is 6.42 Å². The fourth-order valence-corrected chi connectivity index (χ4v) is 4.16. The van der Waals surface area contributed by atoms with Gasteiger partial charge in [-0.2, -0.15) is 11.8 Å². The van der Waals surface area contributed by atoms with Crippen LogP contribution in [0.2, 0.25) is 0 Å². The fraction of sp³-hybridized carbons (Fsp3) is 0.615. The van der Waals surface area contributed by atoms with E-state index < -0.39 is 47.9 Å². The maximum Gasteiger partial charge on any atom is 0.326 e. The van der Waals surface area contributed by atoms with E-state index in [2.05, 4.69) is 16.0 Å². The summed E-state index contributed by atoms with van der Waals surface area (Å²) in [4.78, 5) is 50.9. The van der Waals surface area contributed by atoms with E-state index in [1.807, 2.05) is 43.5 Å². The first-order valence-corrected chi connectivity index (χ1v) is 14.2. The number of carboxylic acids is 1. The fourth-order valence-electron chi connectivity index (χ4n) is 3.69. The molecule has 0 aromatic heterocycles. The van der Waals surface area contributed by atoms with Gasteiger partial charge in [-0.25, -0.2) is 4.79 Å². The van der Waals surface area contributed by atoms with Crippen LogP contribution in [0, 0.1) is 5.92 Å². The molecule has 1 rings (SSSR count). The number of carbonyl (C=O) groups is 4. The van der Waals surface area contributed by atoms with E-state index in [1.54, 1.807) is 6.92 Å². The van der Waals surface area contributed by atoms with Crippen LogP contribution in [0.3, 0.4) is 0 Å². The standard InChI is InChI=1S/C26H43N5O5S/c1-4-17(2)22(25(34)29-20(26(35)36)13-15-37-3)31-24(33)21(16-18-10-6-5-7-11-18)30-23(32)19(28)12-8-9-14-27/h5-7,10-11,17,19-22H,4,8-9,12-16,27-28H2,1-3H3,(H,29,34)(H,30,32)(H,31,33)(H,35,36). The number of hydrogen-bond acceptors (Lipinski definition) is 7. The zero-order valence-electron chi connectivity index (χ0n) is 22.1. The summed E-state index contributed by atoms with van der Waals surface area (Å²) >= 11 is 1.48. The summed E-state index contributed by atoms with van der Waals surface area (Å²) in [7, 11) is 0. The topological polar surface area (TPSA) is 177 Å². The molecule has 1 aromatic carbocycles. The van der Waals surface area contributed by atoms with Crippen molar-refractivity contribution in [1.82, 2.24) is 16.0 Å². The minimum atomic E-state index is -1.13. The predicted molar refractivity (Wildman–Crippen MR) is 147 cm³/mol. The molecule has 0 aliphatic heterocycles. The van der Waals surface area contributed by atoms with E-state index in [9.17, 15) is 24.3 Å². The Bertz CT molecular complexity index is 857. The van der Waals surface area contributed by atoms with Gasteiger partial charge in [-0.3, -0.25) is 14.4 Å². The average molecular weight is 538 g/mol. The lowest BCUT2D eigenvalue weighted by Gasteiger charge is -2.28. The summed E-state index contributed by atoms with van der Waals surface area (Å²) in [5, 5.41) is 17.6. The highest BCUT2D eigenvalue weighted by Gasteiger charge is 2.32. The van der Waals surface area contributed by atoms with E-state index in [4.69, 9.17) is 11.5 Å². The summed E-state index contributed by atoms with van der Waals surface area (Å²) in [5.74, 6) is -2.41. The van der Waals surface area contributed by atoms with Crippen molar-refractivity contribution in [3.63, 3.8) is 0 Å². The third kappa shape index (κ3) is 12.0. The second kappa shape index (κ2) is 17.8. The predicted octanol–water partition coefficient (Wildman–Crippen LogP) is 1.02. The number of carboxylic acid groups (broad SMARTS) is 1. The molecule has 208 valence electrons. The molecule has 0 saturated carbocycles. The molecule has 3 amide bonds. The number of rotatable bonds is 18. The number of nitrogens with one attached hydrogen (secondary N) is 3. The number of unbranched alkanes of at least 4 members (excludes halogenated alkanes) is 1. The molecular weight excluding hydrogens is 494 g/mol. The highest BCUT2D eigenvalue weighted by atomic mass is 32.2. The molecule has 0 aliphatic carbocycles. The molecule has 0 bridgehead atoms. The summed E-state index contributed by atoms with van der Waals surface area (Å²) in [6.07, 6.45) is 4.77. The van der Waals surface area contributed by atoms with Gasteiger partial charge < -0.3 is 32.5 Å². The highest BCUT2D eigenvalue weighted by molar-refractivity contribution is 7.98. The maximum atomic E-state index is 13.4. The van der Waals surface area contributed by atoms with Gasteiger partial charge in [-0.15, -0.1) is 0 Å². The first-order valence-electron chi connectivity index (χ1n) is 12.8. The van der Waals surface area contributed by atoms with Crippen LogP contribution in [0.15, 0.2) is 30.3 Å². The van der Waals surface area contributed by atoms with Crippen molar-refractivity contribution in [3.8, 4) is 0 Å². The molecule has 11 heteroatoms. The number of hydrogen-bond donors (Lipinski definition) is 6. The lowest BCUT2D eigenvalue weighted by Crippen LogP contribution is -2.59. The first-order chi connectivity index (χ1) is 17.6. The number of thioether (sulfide) groups is 1. The SMILES string of the molecule is CCC(C)C(NC(=O)C(Cc1ccccc1)NC(=O)C(N)CCCCN)C(=O)NC(CCSC)C(=O)O. The van der Waals surface area contributed by atoms with Gasteiger partial charge in [0.2, 0.25) is 17.7 Å². The Morgan fingerprint density at radius 3 is 2.16 bits per heavy atom. The van der Waals surface area contributed by atoms with Crippen molar-refractivity contribution in [2.24, 2.45) is 17.4 Å². The number of aliphatic carboxylic acids is 1. The average Bonchev–Trinajstić information content (AvgIpc) is 2.88. The van der Waals surface area contributed by atoms with Crippen LogP contribution >= 0.6 is 11.8 Å². The lowest BCUT2D eigenvalue weighted by molar-refractivity contribution is -0.142. The van der Waals surface area contributed by atoms with E-state index in [-0.39, 0.29) is 18.8 Å². The van der Waals surface area contributed by atoms with Gasteiger partial charge in [-0.05, 0) is 49.3 Å². The Balaban J connectivity index is 3.06. The van der Waals surface area contributed by atoms with Gasteiger partial charge in [0.1, 0.15) is 18.1 Å². The molecule has 8 N–H and O–H groups in total. The molecule has 0 aliphatic rings. The van der Waals surface area contributed by atoms with Gasteiger partial charge in [0.05, 0.1) is 6.04 Å². The largest absolute Gasteiger partial charge is 0.480 e. The molecular formula is C26H43N5O5S. The highest BCUT2D eigenvalue weighted by Crippen LogP contribution is 2.12. The zero-order valence-corrected chi connectivity index (χ0v) is 22.9. The molecule has 37 heavy (non-hydrogen) atoms. The number of amides is 3. The third-order valence-corrected chi connectivity index (χ3v) is 6.88. The molecule has 0 fully saturated rings. The van der Waals surface area contributed by atoms with E-state index in [0.29, 0.717) is 31.6 Å². The molecule has 0 saturated heterocycles. The summed E-state index contributed by atoms with van der Waals surface area (Å²) in [6.45, 7) is 4.19. The van der Waals surface area contributed by atoms with Crippen molar-refractivity contribution in [2.75, 3.05) is 18.6 Å². The van der Waals surface area contributed by atoms with Crippen LogP contribution in [-0.2, 0) is 25.6 Å². The Hall–Kier alpha value is -2.63. The quantitative estimate of drug-likeness (QED) is 0.150. The molecule has 0 radical (unpaired) electrons. The van der Waals surface area contributed by atoms with Crippen molar-refractivity contribution in [3.05, 3.63) is 35.9 Å². The van der Waals surface area contributed by atoms with Crippen LogP contribution < -0.4 is 27.4 Å². The van der Waals surface area contributed by atoms with Gasteiger partial charge in [0.15, 0.2) is 0 Å². The van der Waals surface area contributed by atoms with Crippen molar-refractivity contribution < 1.29 is 24.3 Å². The van der Waals surface area contributed by atoms with E-state index in [0.717, 1.165) is 12.0 Å². The summed E-state index contributed by atoms with van der Waals surface area (Å²) < 4.78 is 0. The van der Waals surface area contributed by atoms with Crippen molar-refractivity contribution >= 4 is 35.5 Å². The van der Waals surface area contributed by atoms with Crippen LogP contribution in [0.4, 0.5) is 0 Å². The third-order valence-electron chi connectivity index (χ3n) is 6.24. The molecule has 0 heterocycles. The molecule has 0 spiro atoms. The molecule has 5 unspecified atom stereocenters. The molecule has 5 atom stereocenters.